The number of thiophene rings is 3. The number of hydrogen-bond acceptors (Lipinski definition) is 19. The van der Waals surface area contributed by atoms with Crippen LogP contribution in [0.1, 0.15) is 57.7 Å². The second-order valence-electron chi connectivity index (χ2n) is 17.7. The fourth-order valence-electron chi connectivity index (χ4n) is 9.47. The number of nitrogens with zero attached hydrogens (tertiary/aromatic N) is 4. The lowest BCUT2D eigenvalue weighted by molar-refractivity contribution is -0.166. The van der Waals surface area contributed by atoms with Gasteiger partial charge in [-0.3, -0.25) is 33.7 Å². The summed E-state index contributed by atoms with van der Waals surface area (Å²) in [6.45, 7) is 3.35. The third-order valence-corrected chi connectivity index (χ3v) is 19.8. The van der Waals surface area contributed by atoms with E-state index in [-0.39, 0.29) is 75.7 Å². The first-order valence-electron chi connectivity index (χ1n) is 24.1. The maximum absolute atomic E-state index is 15.7. The average Bonchev–Trinajstić information content (AvgIpc) is 4.27. The number of thiol groups is 1. The molecule has 1 atom stereocenters. The van der Waals surface area contributed by atoms with Crippen LogP contribution in [0, 0.1) is 0 Å². The molecular weight excluding hydrogens is 1110 g/mol. The van der Waals surface area contributed by atoms with Crippen molar-refractivity contribution < 1.29 is 47.7 Å². The maximum Gasteiger partial charge on any atom is 0.334 e. The number of hydrogen-bond donors (Lipinski definition) is 1. The van der Waals surface area contributed by atoms with Gasteiger partial charge in [0.25, 0.3) is 11.8 Å². The van der Waals surface area contributed by atoms with Gasteiger partial charge in [-0.25, -0.2) is 9.98 Å². The molecule has 14 nitrogen and oxygen atoms in total. The Kier molecular flexibility index (Phi) is 14.7. The molecule has 2 aliphatic carbocycles. The topological polar surface area (TPSA) is 171 Å². The molecule has 0 spiro atoms. The largest absolute Gasteiger partial charge is 0.459 e. The zero-order chi connectivity index (χ0) is 53.6. The minimum Gasteiger partial charge on any atom is -0.459 e. The SMILES string of the molecule is CCN1C(=O)/C(=N/C2=Cc3sc4c5c(sc4c3C2(C(=O)OCc2ccccc2)C(=O)OCc2ccccc2)-c2sc(/N=C3\SC(S)N(CC)C3=O)cc2C5(C(=O)OCc2ccccc2)C(=O)OCc2ccccc2)SC1=S. The molecule has 21 heteroatoms. The van der Waals surface area contributed by atoms with Gasteiger partial charge >= 0.3 is 23.9 Å². The van der Waals surface area contributed by atoms with E-state index in [1.165, 1.54) is 16.7 Å². The third-order valence-electron chi connectivity index (χ3n) is 13.2. The van der Waals surface area contributed by atoms with Gasteiger partial charge in [0.15, 0.2) is 10.1 Å². The van der Waals surface area contributed by atoms with Gasteiger partial charge in [-0.05, 0) is 60.0 Å². The Balaban J connectivity index is 1.15. The Hall–Kier alpha value is -6.72. The molecule has 0 bridgehead atoms. The zero-order valence-corrected chi connectivity index (χ0v) is 46.6. The molecule has 0 saturated carbocycles. The lowest BCUT2D eigenvalue weighted by Gasteiger charge is -2.28. The molecule has 5 heterocycles. The minimum absolute atomic E-state index is 0.0665. The molecule has 388 valence electrons. The molecule has 7 aromatic rings. The molecule has 4 aromatic carbocycles. The number of thiocarbonyl (C=S) groups is 1. The van der Waals surface area contributed by atoms with Gasteiger partial charge in [0.05, 0.1) is 24.9 Å². The van der Waals surface area contributed by atoms with E-state index in [4.69, 9.17) is 41.2 Å². The second-order valence-corrected chi connectivity index (χ2v) is 24.3. The molecule has 4 aliphatic rings. The molecule has 2 saturated heterocycles. The van der Waals surface area contributed by atoms with Crippen LogP contribution >= 0.6 is 82.4 Å². The van der Waals surface area contributed by atoms with Gasteiger partial charge in [-0.15, -0.1) is 46.6 Å². The first kappa shape index (κ1) is 52.3. The number of benzene rings is 4. The highest BCUT2D eigenvalue weighted by molar-refractivity contribution is 8.35. The van der Waals surface area contributed by atoms with E-state index >= 15 is 19.2 Å². The molecule has 11 rings (SSSR count). The fourth-order valence-corrected chi connectivity index (χ4v) is 16.6. The normalized spacial score (nSPS) is 17.9. The summed E-state index contributed by atoms with van der Waals surface area (Å²) in [5.41, 5.74) is -1.80. The van der Waals surface area contributed by atoms with E-state index in [1.54, 1.807) is 121 Å². The summed E-state index contributed by atoms with van der Waals surface area (Å²) in [6.07, 6.45) is 1.55. The Morgan fingerprint density at radius 1 is 0.597 bits per heavy atom. The van der Waals surface area contributed by atoms with Crippen molar-refractivity contribution in [3.63, 3.8) is 0 Å². The molecule has 2 aliphatic heterocycles. The summed E-state index contributed by atoms with van der Waals surface area (Å²) >= 11 is 15.7. The molecular formula is C56H42N4O10S7. The smallest absolute Gasteiger partial charge is 0.334 e. The average molecular weight is 1160 g/mol. The number of rotatable bonds is 16. The molecule has 0 N–H and O–H groups in total. The summed E-state index contributed by atoms with van der Waals surface area (Å²) < 4.78 is 25.3. The molecule has 2 fully saturated rings. The minimum atomic E-state index is -2.49. The Labute approximate surface area is 472 Å². The summed E-state index contributed by atoms with van der Waals surface area (Å²) in [5.74, 6) is -4.81. The number of thioether (sulfide) groups is 2. The zero-order valence-electron chi connectivity index (χ0n) is 40.8. The number of aliphatic imine (C=N–C) groups is 2. The maximum atomic E-state index is 15.7. The summed E-state index contributed by atoms with van der Waals surface area (Å²) in [6, 6.07) is 37.6. The first-order chi connectivity index (χ1) is 37.4. The number of amides is 2. The van der Waals surface area contributed by atoms with Gasteiger partial charge in [-0.2, -0.15) is 0 Å². The number of ether oxygens (including phenoxy) is 4. The predicted molar refractivity (Wildman–Crippen MR) is 308 cm³/mol. The number of carbonyl (C=O) groups excluding carboxylic acids is 6. The van der Waals surface area contributed by atoms with E-state index in [0.29, 0.717) is 57.8 Å². The van der Waals surface area contributed by atoms with Crippen LogP contribution in [0.4, 0.5) is 5.00 Å². The molecule has 0 radical (unpaired) electrons. The highest BCUT2D eigenvalue weighted by Gasteiger charge is 2.64. The quantitative estimate of drug-likeness (QED) is 0.0319. The Bertz CT molecular complexity index is 3540. The number of fused-ring (bicyclic) bond motifs is 7. The van der Waals surface area contributed by atoms with Gasteiger partial charge in [0.2, 0.25) is 10.8 Å². The molecule has 1 unspecified atom stereocenters. The third kappa shape index (κ3) is 9.14. The van der Waals surface area contributed by atoms with Gasteiger partial charge in [-0.1, -0.05) is 145 Å². The van der Waals surface area contributed by atoms with Crippen molar-refractivity contribution in [2.75, 3.05) is 13.1 Å². The Morgan fingerprint density at radius 3 is 1.53 bits per heavy atom. The van der Waals surface area contributed by atoms with Crippen molar-refractivity contribution in [2.24, 2.45) is 9.98 Å². The van der Waals surface area contributed by atoms with Gasteiger partial charge in [0, 0.05) is 34.7 Å². The van der Waals surface area contributed by atoms with Gasteiger partial charge in [0.1, 0.15) is 40.5 Å². The summed E-state index contributed by atoms with van der Waals surface area (Å²) in [7, 11) is 0. The van der Waals surface area contributed by atoms with Crippen LogP contribution in [0.3, 0.4) is 0 Å². The standard InChI is InChI=1S/C56H42N4O10S7/c1-3-59-47(61)45(76-53(59)71)57-37-26-36-39(56(37,51(65)69-29-33-21-13-7-14-22-33)52(66)70-30-34-23-15-8-16-24-34)42-44(73-36)40-43(75-42)41-35(25-38(74-41)58-46-48(62)60(4-2)54(72)77-46)55(40,49(63)67-27-31-17-9-5-10-18-31)50(64)68-28-32-19-11-6-12-20-32/h5-26,54,72H,3-4,27-30H2,1-2H3/b57-45-,58-46-. The lowest BCUT2D eigenvalue weighted by atomic mass is 9.78. The van der Waals surface area contributed by atoms with Crippen molar-refractivity contribution in [1.29, 1.82) is 0 Å². The van der Waals surface area contributed by atoms with E-state index < -0.39 is 45.3 Å². The van der Waals surface area contributed by atoms with Crippen LogP contribution in [-0.2, 0) is 85.0 Å². The van der Waals surface area contributed by atoms with Gasteiger partial charge < -0.3 is 23.8 Å². The van der Waals surface area contributed by atoms with Crippen molar-refractivity contribution >= 4 is 153 Å². The molecule has 2 amide bonds. The predicted octanol–water partition coefficient (Wildman–Crippen LogP) is 11.0. The van der Waals surface area contributed by atoms with E-state index in [0.717, 1.165) is 45.8 Å². The second kappa shape index (κ2) is 21.6. The monoisotopic (exact) mass is 1150 g/mol. The van der Waals surface area contributed by atoms with E-state index in [1.807, 2.05) is 31.2 Å². The van der Waals surface area contributed by atoms with Crippen LogP contribution in [-0.4, -0.2) is 77.7 Å². The lowest BCUT2D eigenvalue weighted by Crippen LogP contribution is -2.46. The molecule has 3 aromatic heterocycles. The number of esters is 4. The van der Waals surface area contributed by atoms with Crippen LogP contribution in [0.15, 0.2) is 143 Å². The van der Waals surface area contributed by atoms with Crippen LogP contribution in [0.25, 0.3) is 25.2 Å². The summed E-state index contributed by atoms with van der Waals surface area (Å²) in [5, 5.41) is 0.424. The first-order valence-corrected chi connectivity index (χ1v) is 29.1. The van der Waals surface area contributed by atoms with E-state index in [9.17, 15) is 9.59 Å². The fraction of sp³-hybridized carbons (Fsp3) is 0.196. The Morgan fingerprint density at radius 2 is 1.08 bits per heavy atom. The van der Waals surface area contributed by atoms with Crippen LogP contribution < -0.4 is 0 Å². The van der Waals surface area contributed by atoms with Crippen molar-refractivity contribution in [1.82, 2.24) is 9.80 Å². The van der Waals surface area contributed by atoms with E-state index in [2.05, 4.69) is 12.6 Å². The van der Waals surface area contributed by atoms with Crippen LogP contribution in [0.2, 0.25) is 0 Å². The number of carbonyl (C=O) groups is 6. The van der Waals surface area contributed by atoms with Crippen molar-refractivity contribution in [3.8, 4) is 9.75 Å². The van der Waals surface area contributed by atoms with Crippen molar-refractivity contribution in [3.05, 3.63) is 177 Å². The highest BCUT2D eigenvalue weighted by atomic mass is 32.2. The van der Waals surface area contributed by atoms with Crippen molar-refractivity contribution in [2.45, 2.75) is 55.8 Å². The summed E-state index contributed by atoms with van der Waals surface area (Å²) in [4.78, 5) is 104. The van der Waals surface area contributed by atoms with Crippen LogP contribution in [0.5, 0.6) is 0 Å². The highest BCUT2D eigenvalue weighted by Crippen LogP contribution is 2.65. The molecule has 77 heavy (non-hydrogen) atoms.